The molecular formula is C16H24ClN3. The average molecular weight is 294 g/mol. The van der Waals surface area contributed by atoms with Crippen LogP contribution in [0.3, 0.4) is 0 Å². The number of imidazole rings is 1. The summed E-state index contributed by atoms with van der Waals surface area (Å²) in [7, 11) is 0. The highest BCUT2D eigenvalue weighted by atomic mass is 35.5. The molecular weight excluding hydrogens is 270 g/mol. The maximum Gasteiger partial charge on any atom is 0.109 e. The highest BCUT2D eigenvalue weighted by Gasteiger charge is 2.19. The number of fused-ring (bicyclic) bond motifs is 1. The number of para-hydroxylation sites is 1. The zero-order valence-electron chi connectivity index (χ0n) is 12.6. The van der Waals surface area contributed by atoms with Crippen molar-refractivity contribution in [2.45, 2.75) is 46.6 Å². The molecule has 1 heterocycles. The van der Waals surface area contributed by atoms with E-state index in [4.69, 9.17) is 22.3 Å². The standard InChI is InChI=1S/C16H24ClN3/c1-4-20-14(8-9-16(2,3)10-11-18)19-13-7-5-6-12(17)15(13)20/h5-7H,4,8-11,18H2,1-3H3. The van der Waals surface area contributed by atoms with Crippen LogP contribution < -0.4 is 5.73 Å². The Balaban J connectivity index is 2.29. The lowest BCUT2D eigenvalue weighted by Crippen LogP contribution is -2.18. The van der Waals surface area contributed by atoms with Gasteiger partial charge in [-0.25, -0.2) is 4.98 Å². The van der Waals surface area contributed by atoms with E-state index in [0.29, 0.717) is 0 Å². The Hall–Kier alpha value is -1.06. The summed E-state index contributed by atoms with van der Waals surface area (Å²) < 4.78 is 2.23. The first kappa shape index (κ1) is 15.3. The molecule has 2 aromatic rings. The van der Waals surface area contributed by atoms with Gasteiger partial charge in [0.15, 0.2) is 0 Å². The topological polar surface area (TPSA) is 43.8 Å². The van der Waals surface area contributed by atoms with E-state index in [1.807, 2.05) is 18.2 Å². The Labute approximate surface area is 126 Å². The fraction of sp³-hybridized carbons (Fsp3) is 0.562. The molecule has 1 aromatic heterocycles. The first-order chi connectivity index (χ1) is 9.48. The van der Waals surface area contributed by atoms with Crippen molar-refractivity contribution in [3.05, 3.63) is 29.0 Å². The van der Waals surface area contributed by atoms with E-state index < -0.39 is 0 Å². The third-order valence-electron chi connectivity index (χ3n) is 3.96. The van der Waals surface area contributed by atoms with Crippen LogP contribution in [0.5, 0.6) is 0 Å². The largest absolute Gasteiger partial charge is 0.330 e. The molecule has 2 rings (SSSR count). The van der Waals surface area contributed by atoms with Gasteiger partial charge in [0.2, 0.25) is 0 Å². The summed E-state index contributed by atoms with van der Waals surface area (Å²) in [6, 6.07) is 5.92. The number of halogens is 1. The summed E-state index contributed by atoms with van der Waals surface area (Å²) in [5.74, 6) is 1.13. The van der Waals surface area contributed by atoms with Crippen LogP contribution in [0.2, 0.25) is 5.02 Å². The predicted octanol–water partition coefficient (Wildman–Crippen LogP) is 4.02. The van der Waals surface area contributed by atoms with E-state index in [1.165, 1.54) is 0 Å². The highest BCUT2D eigenvalue weighted by Crippen LogP contribution is 2.29. The molecule has 0 atom stereocenters. The van der Waals surface area contributed by atoms with Gasteiger partial charge in [-0.05, 0) is 43.9 Å². The SMILES string of the molecule is CCn1c(CCC(C)(C)CCN)nc2cccc(Cl)c21. The number of nitrogens with zero attached hydrogens (tertiary/aromatic N) is 2. The van der Waals surface area contributed by atoms with Gasteiger partial charge in [0, 0.05) is 13.0 Å². The number of hydrogen-bond acceptors (Lipinski definition) is 2. The van der Waals surface area contributed by atoms with E-state index in [1.54, 1.807) is 0 Å². The van der Waals surface area contributed by atoms with E-state index in [-0.39, 0.29) is 5.41 Å². The molecule has 0 saturated carbocycles. The van der Waals surface area contributed by atoms with E-state index in [0.717, 1.165) is 54.2 Å². The second-order valence-corrected chi connectivity index (χ2v) is 6.49. The molecule has 0 spiro atoms. The minimum Gasteiger partial charge on any atom is -0.330 e. The molecule has 4 heteroatoms. The van der Waals surface area contributed by atoms with Gasteiger partial charge in [-0.1, -0.05) is 31.5 Å². The van der Waals surface area contributed by atoms with Crippen LogP contribution in [-0.4, -0.2) is 16.1 Å². The molecule has 0 fully saturated rings. The molecule has 1 aromatic carbocycles. The zero-order chi connectivity index (χ0) is 14.8. The fourth-order valence-electron chi connectivity index (χ4n) is 2.69. The summed E-state index contributed by atoms with van der Waals surface area (Å²) in [6.45, 7) is 8.31. The van der Waals surface area contributed by atoms with Crippen LogP contribution in [0.15, 0.2) is 18.2 Å². The monoisotopic (exact) mass is 293 g/mol. The second-order valence-electron chi connectivity index (χ2n) is 6.08. The molecule has 0 unspecified atom stereocenters. The van der Waals surface area contributed by atoms with E-state index in [2.05, 4.69) is 25.3 Å². The average Bonchev–Trinajstić information content (AvgIpc) is 2.75. The summed E-state index contributed by atoms with van der Waals surface area (Å²) in [6.07, 6.45) is 3.09. The lowest BCUT2D eigenvalue weighted by Gasteiger charge is -2.23. The minimum absolute atomic E-state index is 0.259. The fourth-order valence-corrected chi connectivity index (χ4v) is 2.96. The maximum absolute atomic E-state index is 6.32. The molecule has 0 aliphatic rings. The summed E-state index contributed by atoms with van der Waals surface area (Å²) >= 11 is 6.32. The van der Waals surface area contributed by atoms with Crippen molar-refractivity contribution in [2.24, 2.45) is 11.1 Å². The van der Waals surface area contributed by atoms with Gasteiger partial charge in [-0.2, -0.15) is 0 Å². The molecule has 2 N–H and O–H groups in total. The van der Waals surface area contributed by atoms with Crippen LogP contribution in [0.25, 0.3) is 11.0 Å². The molecule has 0 aliphatic heterocycles. The Kier molecular flexibility index (Phi) is 4.71. The molecule has 0 saturated heterocycles. The first-order valence-corrected chi connectivity index (χ1v) is 7.70. The van der Waals surface area contributed by atoms with Gasteiger partial charge in [-0.3, -0.25) is 0 Å². The number of benzene rings is 1. The van der Waals surface area contributed by atoms with E-state index >= 15 is 0 Å². The van der Waals surface area contributed by atoms with Crippen molar-refractivity contribution in [1.29, 1.82) is 0 Å². The van der Waals surface area contributed by atoms with Gasteiger partial charge in [-0.15, -0.1) is 0 Å². The summed E-state index contributed by atoms with van der Waals surface area (Å²) in [5.41, 5.74) is 7.99. The zero-order valence-corrected chi connectivity index (χ0v) is 13.4. The molecule has 0 radical (unpaired) electrons. The minimum atomic E-state index is 0.259. The molecule has 3 nitrogen and oxygen atoms in total. The normalized spacial score (nSPS) is 12.2. The quantitative estimate of drug-likeness (QED) is 0.874. The highest BCUT2D eigenvalue weighted by molar-refractivity contribution is 6.35. The van der Waals surface area contributed by atoms with Gasteiger partial charge < -0.3 is 10.3 Å². The number of aromatic nitrogens is 2. The Morgan fingerprint density at radius 2 is 2.05 bits per heavy atom. The van der Waals surface area contributed by atoms with Gasteiger partial charge >= 0.3 is 0 Å². The van der Waals surface area contributed by atoms with Crippen LogP contribution >= 0.6 is 11.6 Å². The van der Waals surface area contributed by atoms with Gasteiger partial charge in [0.1, 0.15) is 5.82 Å². The number of nitrogens with two attached hydrogens (primary N) is 1. The van der Waals surface area contributed by atoms with Crippen molar-refractivity contribution in [1.82, 2.24) is 9.55 Å². The van der Waals surface area contributed by atoms with Crippen LogP contribution in [-0.2, 0) is 13.0 Å². The number of rotatable bonds is 6. The smallest absolute Gasteiger partial charge is 0.109 e. The second kappa shape index (κ2) is 6.15. The maximum atomic E-state index is 6.32. The molecule has 20 heavy (non-hydrogen) atoms. The van der Waals surface area contributed by atoms with Gasteiger partial charge in [0.25, 0.3) is 0 Å². The third-order valence-corrected chi connectivity index (χ3v) is 4.26. The first-order valence-electron chi connectivity index (χ1n) is 7.32. The van der Waals surface area contributed by atoms with Crippen molar-refractivity contribution in [3.8, 4) is 0 Å². The molecule has 0 amide bonds. The Morgan fingerprint density at radius 3 is 2.70 bits per heavy atom. The Bertz CT molecular complexity index is 587. The predicted molar refractivity (Wildman–Crippen MR) is 86.2 cm³/mol. The lowest BCUT2D eigenvalue weighted by molar-refractivity contribution is 0.309. The number of hydrogen-bond donors (Lipinski definition) is 1. The molecule has 110 valence electrons. The van der Waals surface area contributed by atoms with Crippen molar-refractivity contribution < 1.29 is 0 Å². The van der Waals surface area contributed by atoms with Crippen LogP contribution in [0.1, 0.15) is 39.4 Å². The van der Waals surface area contributed by atoms with Crippen molar-refractivity contribution in [2.75, 3.05) is 6.54 Å². The van der Waals surface area contributed by atoms with Crippen molar-refractivity contribution >= 4 is 22.6 Å². The summed E-state index contributed by atoms with van der Waals surface area (Å²) in [5, 5.41) is 0.782. The number of aryl methyl sites for hydroxylation is 2. The Morgan fingerprint density at radius 1 is 1.30 bits per heavy atom. The van der Waals surface area contributed by atoms with Crippen LogP contribution in [0, 0.1) is 5.41 Å². The van der Waals surface area contributed by atoms with E-state index in [9.17, 15) is 0 Å². The van der Waals surface area contributed by atoms with Gasteiger partial charge in [0.05, 0.1) is 16.1 Å². The van der Waals surface area contributed by atoms with Crippen molar-refractivity contribution in [3.63, 3.8) is 0 Å². The molecule has 0 bridgehead atoms. The summed E-state index contributed by atoms with van der Waals surface area (Å²) in [4.78, 5) is 4.75. The van der Waals surface area contributed by atoms with Crippen LogP contribution in [0.4, 0.5) is 0 Å². The molecule has 0 aliphatic carbocycles. The third kappa shape index (κ3) is 3.15. The lowest BCUT2D eigenvalue weighted by atomic mass is 9.84.